The molecule has 0 saturated heterocycles. The van der Waals surface area contributed by atoms with Crippen LogP contribution in [0.25, 0.3) is 0 Å². The van der Waals surface area contributed by atoms with E-state index >= 15 is 0 Å². The van der Waals surface area contributed by atoms with E-state index in [9.17, 15) is 18.0 Å². The highest BCUT2D eigenvalue weighted by molar-refractivity contribution is 7.12. The van der Waals surface area contributed by atoms with Crippen LogP contribution in [0.1, 0.15) is 21.3 Å². The SMILES string of the molecule is COC(=O)c1sccc1[C@@H](O)C(F)(F)F. The second-order valence-electron chi connectivity index (χ2n) is 2.64. The molecular formula is C8H7F3O3S. The quantitative estimate of drug-likeness (QED) is 0.805. The summed E-state index contributed by atoms with van der Waals surface area (Å²) in [4.78, 5) is 10.8. The minimum atomic E-state index is -4.79. The molecular weight excluding hydrogens is 233 g/mol. The second-order valence-corrected chi connectivity index (χ2v) is 3.56. The van der Waals surface area contributed by atoms with Gasteiger partial charge >= 0.3 is 12.1 Å². The normalized spacial score (nSPS) is 13.7. The number of aliphatic hydroxyl groups excluding tert-OH is 1. The zero-order valence-electron chi connectivity index (χ0n) is 7.54. The van der Waals surface area contributed by atoms with Crippen molar-refractivity contribution in [1.82, 2.24) is 0 Å². The van der Waals surface area contributed by atoms with Gasteiger partial charge in [-0.05, 0) is 11.4 Å². The largest absolute Gasteiger partial charge is 0.465 e. The Morgan fingerprint density at radius 2 is 2.20 bits per heavy atom. The van der Waals surface area contributed by atoms with Crippen molar-refractivity contribution in [2.24, 2.45) is 0 Å². The summed E-state index contributed by atoms with van der Waals surface area (Å²) in [7, 11) is 1.06. The summed E-state index contributed by atoms with van der Waals surface area (Å²) in [5.74, 6) is -0.886. The molecule has 0 unspecified atom stereocenters. The third kappa shape index (κ3) is 2.48. The van der Waals surface area contributed by atoms with E-state index in [-0.39, 0.29) is 4.88 Å². The maximum Gasteiger partial charge on any atom is 0.418 e. The number of carbonyl (C=O) groups is 1. The average Bonchev–Trinajstić information content (AvgIpc) is 2.62. The number of esters is 1. The van der Waals surface area contributed by atoms with Crippen LogP contribution in [0.2, 0.25) is 0 Å². The first-order valence-electron chi connectivity index (χ1n) is 3.78. The number of ether oxygens (including phenoxy) is 1. The lowest BCUT2D eigenvalue weighted by Gasteiger charge is -2.14. The van der Waals surface area contributed by atoms with Crippen molar-refractivity contribution in [2.45, 2.75) is 12.3 Å². The van der Waals surface area contributed by atoms with Crippen molar-refractivity contribution in [3.63, 3.8) is 0 Å². The van der Waals surface area contributed by atoms with Crippen LogP contribution in [0.15, 0.2) is 11.4 Å². The zero-order chi connectivity index (χ0) is 11.6. The molecule has 3 nitrogen and oxygen atoms in total. The van der Waals surface area contributed by atoms with Crippen LogP contribution in [0.4, 0.5) is 13.2 Å². The molecule has 84 valence electrons. The van der Waals surface area contributed by atoms with Gasteiger partial charge in [0.1, 0.15) is 4.88 Å². The molecule has 0 amide bonds. The first-order chi connectivity index (χ1) is 6.88. The van der Waals surface area contributed by atoms with Gasteiger partial charge in [-0.2, -0.15) is 13.2 Å². The molecule has 0 spiro atoms. The number of halogens is 3. The van der Waals surface area contributed by atoms with Crippen LogP contribution >= 0.6 is 11.3 Å². The molecule has 1 rings (SSSR count). The van der Waals surface area contributed by atoms with Crippen molar-refractivity contribution in [3.05, 3.63) is 21.9 Å². The monoisotopic (exact) mass is 240 g/mol. The minimum Gasteiger partial charge on any atom is -0.465 e. The van der Waals surface area contributed by atoms with E-state index in [1.807, 2.05) is 0 Å². The molecule has 1 aromatic heterocycles. The Morgan fingerprint density at radius 1 is 1.60 bits per heavy atom. The fourth-order valence-corrected chi connectivity index (χ4v) is 1.82. The Balaban J connectivity index is 3.05. The first kappa shape index (κ1) is 12.0. The van der Waals surface area contributed by atoms with Gasteiger partial charge in [-0.15, -0.1) is 11.3 Å². The second kappa shape index (κ2) is 4.19. The topological polar surface area (TPSA) is 46.5 Å². The molecule has 0 saturated carbocycles. The Hall–Kier alpha value is -1.08. The molecule has 1 N–H and O–H groups in total. The molecule has 15 heavy (non-hydrogen) atoms. The van der Waals surface area contributed by atoms with E-state index in [2.05, 4.69) is 4.74 Å². The van der Waals surface area contributed by atoms with E-state index in [4.69, 9.17) is 5.11 Å². The summed E-state index contributed by atoms with van der Waals surface area (Å²) in [6, 6.07) is 1.05. The van der Waals surface area contributed by atoms with Gasteiger partial charge in [0.15, 0.2) is 6.10 Å². The lowest BCUT2D eigenvalue weighted by atomic mass is 10.1. The lowest BCUT2D eigenvalue weighted by Crippen LogP contribution is -2.21. The predicted molar refractivity (Wildman–Crippen MR) is 46.7 cm³/mol. The number of thiophene rings is 1. The number of methoxy groups -OCH3 is 1. The summed E-state index contributed by atoms with van der Waals surface area (Å²) in [5, 5.41) is 10.2. The van der Waals surface area contributed by atoms with Gasteiger partial charge in [0.2, 0.25) is 0 Å². The van der Waals surface area contributed by atoms with E-state index < -0.39 is 23.8 Å². The van der Waals surface area contributed by atoms with E-state index in [1.165, 1.54) is 5.38 Å². The van der Waals surface area contributed by atoms with Gasteiger partial charge in [0.25, 0.3) is 0 Å². The summed E-state index contributed by atoms with van der Waals surface area (Å²) < 4.78 is 40.8. The summed E-state index contributed by atoms with van der Waals surface area (Å²) in [6.07, 6.45) is -7.44. The molecule has 1 aromatic rings. The predicted octanol–water partition coefficient (Wildman–Crippen LogP) is 2.13. The average molecular weight is 240 g/mol. The molecule has 0 aliphatic rings. The van der Waals surface area contributed by atoms with Gasteiger partial charge < -0.3 is 9.84 Å². The number of carbonyl (C=O) groups excluding carboxylic acids is 1. The van der Waals surface area contributed by atoms with Gasteiger partial charge in [-0.1, -0.05) is 0 Å². The highest BCUT2D eigenvalue weighted by atomic mass is 32.1. The Morgan fingerprint density at radius 3 is 2.67 bits per heavy atom. The molecule has 0 aliphatic carbocycles. The molecule has 1 heterocycles. The van der Waals surface area contributed by atoms with E-state index in [0.29, 0.717) is 0 Å². The zero-order valence-corrected chi connectivity index (χ0v) is 8.35. The van der Waals surface area contributed by atoms with Gasteiger partial charge in [0.05, 0.1) is 7.11 Å². The smallest absolute Gasteiger partial charge is 0.418 e. The van der Waals surface area contributed by atoms with Crippen LogP contribution in [-0.4, -0.2) is 24.4 Å². The van der Waals surface area contributed by atoms with E-state index in [1.54, 1.807) is 0 Å². The number of rotatable bonds is 2. The molecule has 1 atom stereocenters. The Bertz CT molecular complexity index is 358. The number of aliphatic hydroxyl groups is 1. The van der Waals surface area contributed by atoms with Crippen LogP contribution in [0, 0.1) is 0 Å². The Kier molecular flexibility index (Phi) is 3.35. The maximum absolute atomic E-state index is 12.2. The standard InChI is InChI=1S/C8H7F3O3S/c1-14-7(13)5-4(2-3-15-5)6(12)8(9,10)11/h2-3,6,12H,1H3/t6-/m1/s1. The van der Waals surface area contributed by atoms with Gasteiger partial charge in [-0.25, -0.2) is 4.79 Å². The van der Waals surface area contributed by atoms with Crippen molar-refractivity contribution >= 4 is 17.3 Å². The first-order valence-corrected chi connectivity index (χ1v) is 4.66. The van der Waals surface area contributed by atoms with Crippen molar-refractivity contribution in [1.29, 1.82) is 0 Å². The van der Waals surface area contributed by atoms with Crippen LogP contribution < -0.4 is 0 Å². The Labute approximate surface area is 87.1 Å². The fourth-order valence-electron chi connectivity index (χ4n) is 0.969. The molecule has 0 fully saturated rings. The maximum atomic E-state index is 12.2. The minimum absolute atomic E-state index is 0.234. The third-order valence-electron chi connectivity index (χ3n) is 1.67. The molecule has 0 aromatic carbocycles. The molecule has 7 heteroatoms. The summed E-state index contributed by atoms with van der Waals surface area (Å²) in [6.45, 7) is 0. The fraction of sp³-hybridized carbons (Fsp3) is 0.375. The van der Waals surface area contributed by atoms with E-state index in [0.717, 1.165) is 24.5 Å². The summed E-state index contributed by atoms with van der Waals surface area (Å²) in [5.41, 5.74) is -0.473. The lowest BCUT2D eigenvalue weighted by molar-refractivity contribution is -0.206. The summed E-state index contributed by atoms with van der Waals surface area (Å²) >= 11 is 0.792. The van der Waals surface area contributed by atoms with Gasteiger partial charge in [-0.3, -0.25) is 0 Å². The van der Waals surface area contributed by atoms with Gasteiger partial charge in [0, 0.05) is 5.56 Å². The van der Waals surface area contributed by atoms with Crippen molar-refractivity contribution < 1.29 is 27.8 Å². The van der Waals surface area contributed by atoms with Crippen LogP contribution in [0.5, 0.6) is 0 Å². The molecule has 0 radical (unpaired) electrons. The highest BCUT2D eigenvalue weighted by Gasteiger charge is 2.41. The molecule has 0 aliphatic heterocycles. The highest BCUT2D eigenvalue weighted by Crippen LogP contribution is 2.36. The molecule has 0 bridgehead atoms. The number of hydrogen-bond donors (Lipinski definition) is 1. The van der Waals surface area contributed by atoms with Crippen molar-refractivity contribution in [3.8, 4) is 0 Å². The third-order valence-corrected chi connectivity index (χ3v) is 2.58. The van der Waals surface area contributed by atoms with Crippen molar-refractivity contribution in [2.75, 3.05) is 7.11 Å². The van der Waals surface area contributed by atoms with Crippen LogP contribution in [0.3, 0.4) is 0 Å². The number of alkyl halides is 3. The van der Waals surface area contributed by atoms with Crippen LogP contribution in [-0.2, 0) is 4.74 Å². The number of hydrogen-bond acceptors (Lipinski definition) is 4.